The third-order valence-corrected chi connectivity index (χ3v) is 5.39. The summed E-state index contributed by atoms with van der Waals surface area (Å²) in [5.74, 6) is -3.65. The average Bonchev–Trinajstić information content (AvgIpc) is 2.85. The van der Waals surface area contributed by atoms with Gasteiger partial charge in [0.05, 0.1) is 19.3 Å². The first-order valence-electron chi connectivity index (χ1n) is 10.5. The fourth-order valence-corrected chi connectivity index (χ4v) is 3.41. The highest BCUT2D eigenvalue weighted by atomic mass is 16.7. The van der Waals surface area contributed by atoms with Gasteiger partial charge in [0, 0.05) is 6.42 Å². The molecule has 0 spiro atoms. The topological polar surface area (TPSA) is 192 Å². The molecule has 1 fully saturated rings. The predicted octanol–water partition coefficient (Wildman–Crippen LogP) is -0.0476. The Balaban J connectivity index is 1.78. The normalized spacial score (nSPS) is 23.9. The van der Waals surface area contributed by atoms with Crippen molar-refractivity contribution in [3.05, 3.63) is 47.5 Å². The molecule has 35 heavy (non-hydrogen) atoms. The molecular weight excluding hydrogens is 468 g/mol. The molecule has 12 heteroatoms. The van der Waals surface area contributed by atoms with Crippen molar-refractivity contribution in [2.45, 2.75) is 43.5 Å². The van der Waals surface area contributed by atoms with Gasteiger partial charge in [-0.3, -0.25) is 4.79 Å². The molecule has 190 valence electrons. The highest BCUT2D eigenvalue weighted by Gasteiger charge is 2.48. The van der Waals surface area contributed by atoms with E-state index in [2.05, 4.69) is 4.74 Å². The van der Waals surface area contributed by atoms with E-state index in [0.29, 0.717) is 6.42 Å². The molecule has 0 saturated carbocycles. The number of carbonyl (C=O) groups is 2. The molecule has 5 atom stereocenters. The first-order chi connectivity index (χ1) is 16.6. The second-order valence-electron chi connectivity index (χ2n) is 7.78. The maximum absolute atomic E-state index is 12.6. The molecule has 2 aromatic carbocycles. The Morgan fingerprint density at radius 3 is 2.20 bits per heavy atom. The Kier molecular flexibility index (Phi) is 8.35. The number of aliphatic hydroxyl groups is 3. The summed E-state index contributed by atoms with van der Waals surface area (Å²) in [6, 6.07) is 8.14. The number of hydrogen-bond donors (Lipinski definition) is 6. The van der Waals surface area contributed by atoms with Crippen LogP contribution in [-0.2, 0) is 25.4 Å². The van der Waals surface area contributed by atoms with Crippen molar-refractivity contribution in [2.75, 3.05) is 13.7 Å². The molecule has 12 nitrogen and oxygen atoms in total. The summed E-state index contributed by atoms with van der Waals surface area (Å²) >= 11 is 0. The molecule has 0 unspecified atom stereocenters. The summed E-state index contributed by atoms with van der Waals surface area (Å²) in [6.07, 6.45) is -7.03. The molecule has 1 aliphatic heterocycles. The highest BCUT2D eigenvalue weighted by Crippen LogP contribution is 2.36. The van der Waals surface area contributed by atoms with Crippen LogP contribution in [0, 0.1) is 0 Å². The number of esters is 2. The summed E-state index contributed by atoms with van der Waals surface area (Å²) in [5, 5.41) is 59.0. The van der Waals surface area contributed by atoms with E-state index >= 15 is 0 Å². The number of phenolic OH excluding ortho intramolecular Hbond substituents is 3. The maximum atomic E-state index is 12.6. The monoisotopic (exact) mass is 494 g/mol. The minimum atomic E-state index is -1.73. The minimum absolute atomic E-state index is 0.186. The van der Waals surface area contributed by atoms with Crippen molar-refractivity contribution in [2.24, 2.45) is 0 Å². The van der Waals surface area contributed by atoms with Gasteiger partial charge in [-0.1, -0.05) is 12.1 Å². The second-order valence-corrected chi connectivity index (χ2v) is 7.78. The van der Waals surface area contributed by atoms with Crippen LogP contribution in [0.5, 0.6) is 23.0 Å². The SMILES string of the molecule is COC(=O)CCc1ccc(O[C@@H]2O[C@H](CO)[C@@H](O)[C@H](O)[C@H]2OC(=O)c2cc(O)c(O)c(O)c2)cc1. The van der Waals surface area contributed by atoms with Crippen LogP contribution in [0.2, 0.25) is 0 Å². The standard InChI is InChI=1S/C23H26O12/c1-32-17(27)7-4-11-2-5-13(6-3-11)33-23-21(20(30)19(29)16(10-24)34-23)35-22(31)12-8-14(25)18(28)15(26)9-12/h2-3,5-6,8-9,16,19-21,23-26,28-30H,4,7,10H2,1H3/t16-,19-,20+,21-,23-/m1/s1. The van der Waals surface area contributed by atoms with E-state index in [1.165, 1.54) is 7.11 Å². The quantitative estimate of drug-likeness (QED) is 0.212. The lowest BCUT2D eigenvalue weighted by atomic mass is 9.99. The van der Waals surface area contributed by atoms with Crippen LogP contribution in [0.4, 0.5) is 0 Å². The van der Waals surface area contributed by atoms with Gasteiger partial charge in [-0.15, -0.1) is 0 Å². The Morgan fingerprint density at radius 1 is 1.00 bits per heavy atom. The van der Waals surface area contributed by atoms with Crippen molar-refractivity contribution in [3.63, 3.8) is 0 Å². The van der Waals surface area contributed by atoms with Gasteiger partial charge in [0.25, 0.3) is 0 Å². The third kappa shape index (κ3) is 6.11. The third-order valence-electron chi connectivity index (χ3n) is 5.39. The fraction of sp³-hybridized carbons (Fsp3) is 0.391. The average molecular weight is 494 g/mol. The van der Waals surface area contributed by atoms with E-state index < -0.39 is 60.5 Å². The van der Waals surface area contributed by atoms with Gasteiger partial charge in [0.1, 0.15) is 24.1 Å². The van der Waals surface area contributed by atoms with Crippen LogP contribution >= 0.6 is 0 Å². The Morgan fingerprint density at radius 2 is 1.63 bits per heavy atom. The number of aromatic hydroxyl groups is 3. The van der Waals surface area contributed by atoms with Crippen LogP contribution in [0.1, 0.15) is 22.3 Å². The smallest absolute Gasteiger partial charge is 0.339 e. The summed E-state index contributed by atoms with van der Waals surface area (Å²) in [4.78, 5) is 23.9. The maximum Gasteiger partial charge on any atom is 0.339 e. The number of aryl methyl sites for hydroxylation is 1. The number of benzene rings is 2. The lowest BCUT2D eigenvalue weighted by Crippen LogP contribution is -2.61. The van der Waals surface area contributed by atoms with E-state index in [0.717, 1.165) is 17.7 Å². The lowest BCUT2D eigenvalue weighted by Gasteiger charge is -2.41. The Bertz CT molecular complexity index is 1010. The van der Waals surface area contributed by atoms with E-state index in [1.807, 2.05) is 0 Å². The molecule has 0 aromatic heterocycles. The number of aliphatic hydroxyl groups excluding tert-OH is 3. The molecule has 1 heterocycles. The molecule has 1 aliphatic rings. The van der Waals surface area contributed by atoms with Crippen molar-refractivity contribution >= 4 is 11.9 Å². The largest absolute Gasteiger partial charge is 0.504 e. The summed E-state index contributed by atoms with van der Waals surface area (Å²) in [6.45, 7) is -0.662. The number of carbonyl (C=O) groups excluding carboxylic acids is 2. The van der Waals surface area contributed by atoms with Gasteiger partial charge in [-0.05, 0) is 36.2 Å². The number of methoxy groups -OCH3 is 1. The first-order valence-corrected chi connectivity index (χ1v) is 10.5. The molecule has 6 N–H and O–H groups in total. The van der Waals surface area contributed by atoms with Gasteiger partial charge in [-0.2, -0.15) is 0 Å². The summed E-state index contributed by atoms with van der Waals surface area (Å²) in [7, 11) is 1.30. The Labute approximate surface area is 199 Å². The van der Waals surface area contributed by atoms with Crippen LogP contribution in [0.15, 0.2) is 36.4 Å². The van der Waals surface area contributed by atoms with Gasteiger partial charge in [0.15, 0.2) is 23.4 Å². The number of phenols is 3. The highest BCUT2D eigenvalue weighted by molar-refractivity contribution is 5.91. The van der Waals surface area contributed by atoms with Crippen LogP contribution in [0.25, 0.3) is 0 Å². The molecule has 2 aromatic rings. The summed E-state index contributed by atoms with van der Waals surface area (Å²) < 4.78 is 21.1. The molecule has 0 amide bonds. The van der Waals surface area contributed by atoms with Crippen LogP contribution in [-0.4, -0.2) is 87.0 Å². The molecule has 0 radical (unpaired) electrons. The number of rotatable bonds is 8. The van der Waals surface area contributed by atoms with Crippen molar-refractivity contribution in [3.8, 4) is 23.0 Å². The van der Waals surface area contributed by atoms with E-state index in [1.54, 1.807) is 24.3 Å². The Hall–Kier alpha value is -3.58. The van der Waals surface area contributed by atoms with Crippen molar-refractivity contribution < 1.29 is 59.2 Å². The molecule has 1 saturated heterocycles. The fourth-order valence-electron chi connectivity index (χ4n) is 3.41. The zero-order chi connectivity index (χ0) is 25.7. The van der Waals surface area contributed by atoms with Gasteiger partial charge in [-0.25, -0.2) is 4.79 Å². The zero-order valence-corrected chi connectivity index (χ0v) is 18.6. The van der Waals surface area contributed by atoms with Gasteiger partial charge < -0.3 is 49.6 Å². The molecular formula is C23H26O12. The number of ether oxygens (including phenoxy) is 4. The summed E-state index contributed by atoms with van der Waals surface area (Å²) in [5.41, 5.74) is 0.448. The number of hydrogen-bond acceptors (Lipinski definition) is 12. The van der Waals surface area contributed by atoms with E-state index in [-0.39, 0.29) is 23.7 Å². The predicted molar refractivity (Wildman–Crippen MR) is 116 cm³/mol. The second kappa shape index (κ2) is 11.2. The molecule has 3 rings (SSSR count). The molecule has 0 bridgehead atoms. The van der Waals surface area contributed by atoms with Crippen molar-refractivity contribution in [1.29, 1.82) is 0 Å². The van der Waals surface area contributed by atoms with Gasteiger partial charge >= 0.3 is 11.9 Å². The minimum Gasteiger partial charge on any atom is -0.504 e. The van der Waals surface area contributed by atoms with Crippen LogP contribution < -0.4 is 4.74 Å². The first kappa shape index (κ1) is 26.0. The molecule has 0 aliphatic carbocycles. The van der Waals surface area contributed by atoms with E-state index in [9.17, 15) is 40.2 Å². The van der Waals surface area contributed by atoms with Crippen LogP contribution in [0.3, 0.4) is 0 Å². The van der Waals surface area contributed by atoms with E-state index in [4.69, 9.17) is 14.2 Å². The van der Waals surface area contributed by atoms with Gasteiger partial charge in [0.2, 0.25) is 6.29 Å². The van der Waals surface area contributed by atoms with Crippen molar-refractivity contribution in [1.82, 2.24) is 0 Å². The lowest BCUT2D eigenvalue weighted by molar-refractivity contribution is -0.276. The zero-order valence-electron chi connectivity index (χ0n) is 18.6.